The third kappa shape index (κ3) is 2.03. The summed E-state index contributed by atoms with van der Waals surface area (Å²) in [7, 11) is 0. The van der Waals surface area contributed by atoms with Gasteiger partial charge >= 0.3 is 0 Å². The molecule has 0 spiro atoms. The van der Waals surface area contributed by atoms with Crippen molar-refractivity contribution in [2.75, 3.05) is 0 Å². The van der Waals surface area contributed by atoms with E-state index >= 15 is 0 Å². The Morgan fingerprint density at radius 3 is 2.54 bits per heavy atom. The maximum atomic E-state index is 10.7. The molecule has 1 rings (SSSR count). The van der Waals surface area contributed by atoms with E-state index < -0.39 is 6.04 Å². The van der Waals surface area contributed by atoms with Gasteiger partial charge in [0.1, 0.15) is 5.69 Å². The van der Waals surface area contributed by atoms with Crippen molar-refractivity contribution in [3.8, 4) is 0 Å². The zero-order valence-corrected chi connectivity index (χ0v) is 8.72. The van der Waals surface area contributed by atoms with Crippen LogP contribution in [-0.2, 0) is 0 Å². The first kappa shape index (κ1) is 10.1. The fraction of sp³-hybridized carbons (Fsp3) is 0.625. The Morgan fingerprint density at radius 1 is 1.62 bits per heavy atom. The molecule has 4 nitrogen and oxygen atoms in total. The Bertz CT molecular complexity index is 322. The molecule has 0 saturated carbocycles. The van der Waals surface area contributed by atoms with Crippen LogP contribution in [0.2, 0.25) is 0 Å². The lowest BCUT2D eigenvalue weighted by atomic mass is 10.1. The van der Waals surface area contributed by atoms with Crippen molar-refractivity contribution < 1.29 is 4.92 Å². The maximum Gasteiger partial charge on any atom is 0.255 e. The van der Waals surface area contributed by atoms with Gasteiger partial charge in [-0.15, -0.1) is 11.3 Å². The van der Waals surface area contributed by atoms with Crippen molar-refractivity contribution in [3.63, 3.8) is 0 Å². The summed E-state index contributed by atoms with van der Waals surface area (Å²) in [6.45, 7) is 5.56. The second-order valence-electron chi connectivity index (χ2n) is 2.88. The van der Waals surface area contributed by atoms with Gasteiger partial charge in [-0.2, -0.15) is 0 Å². The molecule has 0 radical (unpaired) electrons. The topological polar surface area (TPSA) is 56.0 Å². The second kappa shape index (κ2) is 3.83. The minimum atomic E-state index is -0.634. The van der Waals surface area contributed by atoms with E-state index in [1.54, 1.807) is 0 Å². The molecule has 0 bridgehead atoms. The van der Waals surface area contributed by atoms with E-state index in [9.17, 15) is 10.1 Å². The average Bonchev–Trinajstić information content (AvgIpc) is 2.31. The third-order valence-electron chi connectivity index (χ3n) is 1.90. The summed E-state index contributed by atoms with van der Waals surface area (Å²) < 4.78 is 0. The number of rotatable bonds is 3. The number of aromatic nitrogens is 1. The first-order valence-electron chi connectivity index (χ1n) is 4.13. The lowest BCUT2D eigenvalue weighted by molar-refractivity contribution is -0.530. The summed E-state index contributed by atoms with van der Waals surface area (Å²) >= 11 is 1.51. The predicted octanol–water partition coefficient (Wildman–Crippen LogP) is 2.49. The van der Waals surface area contributed by atoms with Crippen molar-refractivity contribution in [1.29, 1.82) is 0 Å². The highest BCUT2D eigenvalue weighted by atomic mass is 32.1. The third-order valence-corrected chi connectivity index (χ3v) is 2.80. The molecular formula is C8H12N2O2S. The fourth-order valence-corrected chi connectivity index (χ4v) is 2.17. The molecular weight excluding hydrogens is 188 g/mol. The molecule has 13 heavy (non-hydrogen) atoms. The molecule has 0 amide bonds. The van der Waals surface area contributed by atoms with Crippen LogP contribution in [0.15, 0.2) is 0 Å². The molecule has 0 saturated heterocycles. The minimum absolute atomic E-state index is 0.262. The minimum Gasteiger partial charge on any atom is -0.264 e. The van der Waals surface area contributed by atoms with Crippen molar-refractivity contribution in [2.24, 2.45) is 0 Å². The molecule has 72 valence electrons. The van der Waals surface area contributed by atoms with Gasteiger partial charge in [0.2, 0.25) is 0 Å². The Balaban J connectivity index is 3.04. The molecule has 5 heteroatoms. The van der Waals surface area contributed by atoms with Crippen LogP contribution in [-0.4, -0.2) is 9.91 Å². The van der Waals surface area contributed by atoms with Crippen molar-refractivity contribution in [2.45, 2.75) is 33.2 Å². The first-order valence-corrected chi connectivity index (χ1v) is 4.95. The molecule has 0 aliphatic rings. The SMILES string of the molecule is CCC(c1nc(C)sc1C)[N+](=O)[O-]. The van der Waals surface area contributed by atoms with E-state index in [1.807, 2.05) is 20.8 Å². The zero-order valence-electron chi connectivity index (χ0n) is 7.90. The van der Waals surface area contributed by atoms with E-state index in [-0.39, 0.29) is 4.92 Å². The van der Waals surface area contributed by atoms with Crippen molar-refractivity contribution in [3.05, 3.63) is 25.7 Å². The van der Waals surface area contributed by atoms with Gasteiger partial charge in [-0.3, -0.25) is 10.1 Å². The van der Waals surface area contributed by atoms with Gasteiger partial charge in [0.25, 0.3) is 6.04 Å². The number of nitrogens with zero attached hydrogens (tertiary/aromatic N) is 2. The normalized spacial score (nSPS) is 12.8. The summed E-state index contributed by atoms with van der Waals surface area (Å²) in [6.07, 6.45) is 0.497. The van der Waals surface area contributed by atoms with Crippen LogP contribution >= 0.6 is 11.3 Å². The summed E-state index contributed by atoms with van der Waals surface area (Å²) in [5.41, 5.74) is 0.634. The van der Waals surface area contributed by atoms with E-state index in [4.69, 9.17) is 0 Å². The molecule has 1 heterocycles. The quantitative estimate of drug-likeness (QED) is 0.556. The summed E-state index contributed by atoms with van der Waals surface area (Å²) in [4.78, 5) is 15.5. The van der Waals surface area contributed by atoms with Gasteiger partial charge in [0.05, 0.1) is 5.01 Å². The number of thiazole rings is 1. The Labute approximate surface area is 80.8 Å². The van der Waals surface area contributed by atoms with Crippen LogP contribution in [0.5, 0.6) is 0 Å². The van der Waals surface area contributed by atoms with Crippen LogP contribution in [0.25, 0.3) is 0 Å². The highest BCUT2D eigenvalue weighted by Crippen LogP contribution is 2.26. The van der Waals surface area contributed by atoms with Crippen molar-refractivity contribution in [1.82, 2.24) is 4.98 Å². The molecule has 1 aromatic rings. The molecule has 0 aliphatic carbocycles. The second-order valence-corrected chi connectivity index (χ2v) is 4.29. The van der Waals surface area contributed by atoms with Crippen molar-refractivity contribution >= 4 is 11.3 Å². The maximum absolute atomic E-state index is 10.7. The van der Waals surface area contributed by atoms with E-state index in [0.717, 1.165) is 9.88 Å². The van der Waals surface area contributed by atoms with Gasteiger partial charge in [-0.05, 0) is 13.8 Å². The molecule has 1 unspecified atom stereocenters. The zero-order chi connectivity index (χ0) is 10.0. The highest BCUT2D eigenvalue weighted by molar-refractivity contribution is 7.11. The van der Waals surface area contributed by atoms with Gasteiger partial charge in [-0.25, -0.2) is 4.98 Å². The van der Waals surface area contributed by atoms with Crippen LogP contribution in [0.3, 0.4) is 0 Å². The van der Waals surface area contributed by atoms with Gasteiger partial charge in [0, 0.05) is 16.2 Å². The summed E-state index contributed by atoms with van der Waals surface area (Å²) in [5.74, 6) is 0. The van der Waals surface area contributed by atoms with Crippen LogP contribution in [0.1, 0.15) is 35.0 Å². The highest BCUT2D eigenvalue weighted by Gasteiger charge is 2.25. The Morgan fingerprint density at radius 2 is 2.23 bits per heavy atom. The molecule has 0 fully saturated rings. The van der Waals surface area contributed by atoms with Crippen LogP contribution < -0.4 is 0 Å². The summed E-state index contributed by atoms with van der Waals surface area (Å²) in [5, 5.41) is 11.6. The molecule has 1 aromatic heterocycles. The Hall–Kier alpha value is -0.970. The monoisotopic (exact) mass is 200 g/mol. The first-order chi connectivity index (χ1) is 6.06. The standard InChI is InChI=1S/C8H12N2O2S/c1-4-7(10(11)12)8-5(2)13-6(3)9-8/h7H,4H2,1-3H3. The van der Waals surface area contributed by atoms with Gasteiger partial charge < -0.3 is 0 Å². The van der Waals surface area contributed by atoms with E-state index in [1.165, 1.54) is 11.3 Å². The lowest BCUT2D eigenvalue weighted by Gasteiger charge is -2.03. The number of hydrogen-bond donors (Lipinski definition) is 0. The van der Waals surface area contributed by atoms with Gasteiger partial charge in [0.15, 0.2) is 0 Å². The molecule has 0 N–H and O–H groups in total. The average molecular weight is 200 g/mol. The smallest absolute Gasteiger partial charge is 0.255 e. The van der Waals surface area contributed by atoms with Crippen LogP contribution in [0, 0.1) is 24.0 Å². The lowest BCUT2D eigenvalue weighted by Crippen LogP contribution is -2.10. The Kier molecular flexibility index (Phi) is 2.98. The molecule has 0 aromatic carbocycles. The van der Waals surface area contributed by atoms with Crippen LogP contribution in [0.4, 0.5) is 0 Å². The number of nitro groups is 1. The van der Waals surface area contributed by atoms with Gasteiger partial charge in [-0.1, -0.05) is 6.92 Å². The summed E-state index contributed by atoms with van der Waals surface area (Å²) in [6, 6.07) is -0.634. The molecule has 1 atom stereocenters. The fourth-order valence-electron chi connectivity index (χ4n) is 1.30. The van der Waals surface area contributed by atoms with E-state index in [2.05, 4.69) is 4.98 Å². The number of hydrogen-bond acceptors (Lipinski definition) is 4. The number of aryl methyl sites for hydroxylation is 2. The predicted molar refractivity (Wildman–Crippen MR) is 51.6 cm³/mol. The largest absolute Gasteiger partial charge is 0.264 e. The van der Waals surface area contributed by atoms with E-state index in [0.29, 0.717) is 12.1 Å². The molecule has 0 aliphatic heterocycles.